The van der Waals surface area contributed by atoms with Gasteiger partial charge in [0.1, 0.15) is 5.52 Å². The molecule has 1 amide bonds. The number of nitrogens with one attached hydrogen (secondary N) is 1. The minimum Gasteiger partial charge on any atom is -0.435 e. The lowest BCUT2D eigenvalue weighted by atomic mass is 10.1. The quantitative estimate of drug-likeness (QED) is 0.430. The van der Waals surface area contributed by atoms with Crippen LogP contribution in [-0.4, -0.2) is 10.9 Å². The van der Waals surface area contributed by atoms with Crippen molar-refractivity contribution < 1.29 is 9.21 Å². The van der Waals surface area contributed by atoms with Crippen LogP contribution < -0.4 is 11.3 Å². The Morgan fingerprint density at radius 1 is 1.24 bits per heavy atom. The summed E-state index contributed by atoms with van der Waals surface area (Å²) < 4.78 is 5.64. The van der Waals surface area contributed by atoms with E-state index in [1.807, 2.05) is 0 Å². The molecule has 1 heterocycles. The maximum absolute atomic E-state index is 11.5. The lowest BCUT2D eigenvalue weighted by molar-refractivity contribution is 0.0953. The number of aromatic nitrogens is 1. The monoisotopic (exact) mass is 321 g/mol. The smallest absolute Gasteiger partial charge is 0.265 e. The molecule has 5 nitrogen and oxygen atoms in total. The van der Waals surface area contributed by atoms with Crippen molar-refractivity contribution in [1.29, 1.82) is 0 Å². The highest BCUT2D eigenvalue weighted by Crippen LogP contribution is 2.32. The molecule has 106 valence electrons. The van der Waals surface area contributed by atoms with Gasteiger partial charge < -0.3 is 4.42 Å². The molecule has 0 aliphatic carbocycles. The van der Waals surface area contributed by atoms with E-state index >= 15 is 0 Å². The van der Waals surface area contributed by atoms with Gasteiger partial charge in [-0.25, -0.2) is 10.8 Å². The molecule has 0 atom stereocenters. The van der Waals surface area contributed by atoms with Crippen molar-refractivity contribution in [2.45, 2.75) is 0 Å². The van der Waals surface area contributed by atoms with E-state index in [0.29, 0.717) is 38.2 Å². The number of fused-ring (bicyclic) bond motifs is 1. The number of nitrogens with two attached hydrogens (primary N) is 1. The number of hydrazine groups is 1. The number of carbonyl (C=O) groups is 1. The fourth-order valence-corrected chi connectivity index (χ4v) is 2.48. The van der Waals surface area contributed by atoms with Gasteiger partial charge in [-0.1, -0.05) is 29.3 Å². The zero-order valence-corrected chi connectivity index (χ0v) is 12.1. The van der Waals surface area contributed by atoms with Crippen LogP contribution in [0.3, 0.4) is 0 Å². The van der Waals surface area contributed by atoms with Crippen molar-refractivity contribution in [3.63, 3.8) is 0 Å². The van der Waals surface area contributed by atoms with E-state index in [9.17, 15) is 4.79 Å². The van der Waals surface area contributed by atoms with E-state index in [4.69, 9.17) is 33.5 Å². The summed E-state index contributed by atoms with van der Waals surface area (Å²) in [5, 5.41) is 0.857. The first kappa shape index (κ1) is 13.9. The molecule has 0 radical (unpaired) electrons. The minimum absolute atomic E-state index is 0.348. The number of amides is 1. The van der Waals surface area contributed by atoms with E-state index in [1.54, 1.807) is 36.4 Å². The summed E-state index contributed by atoms with van der Waals surface area (Å²) in [5.41, 5.74) is 4.12. The molecule has 0 aliphatic rings. The van der Waals surface area contributed by atoms with Crippen LogP contribution in [-0.2, 0) is 0 Å². The number of hydrogen-bond donors (Lipinski definition) is 2. The van der Waals surface area contributed by atoms with Gasteiger partial charge in [-0.05, 0) is 30.3 Å². The van der Waals surface area contributed by atoms with Crippen LogP contribution in [0.2, 0.25) is 10.0 Å². The van der Waals surface area contributed by atoms with E-state index < -0.39 is 5.91 Å². The summed E-state index contributed by atoms with van der Waals surface area (Å²) in [7, 11) is 0. The highest BCUT2D eigenvalue weighted by molar-refractivity contribution is 6.38. The number of nitrogens with zero attached hydrogens (tertiary/aromatic N) is 1. The second-order valence-electron chi connectivity index (χ2n) is 4.31. The molecule has 7 heteroatoms. The van der Waals surface area contributed by atoms with Crippen LogP contribution in [0, 0.1) is 0 Å². The molecule has 21 heavy (non-hydrogen) atoms. The summed E-state index contributed by atoms with van der Waals surface area (Å²) in [6.07, 6.45) is 0. The number of hydrogen-bond acceptors (Lipinski definition) is 4. The normalized spacial score (nSPS) is 10.8. The molecule has 0 saturated carbocycles. The molecular formula is C14H9Cl2N3O2. The first-order chi connectivity index (χ1) is 10.1. The number of oxazole rings is 1. The Kier molecular flexibility index (Phi) is 3.55. The average molecular weight is 322 g/mol. The molecule has 0 fully saturated rings. The molecule has 0 bridgehead atoms. The second-order valence-corrected chi connectivity index (χ2v) is 5.15. The van der Waals surface area contributed by atoms with Gasteiger partial charge in [-0.3, -0.25) is 10.2 Å². The summed E-state index contributed by atoms with van der Waals surface area (Å²) >= 11 is 12.0. The van der Waals surface area contributed by atoms with Crippen molar-refractivity contribution in [2.75, 3.05) is 0 Å². The van der Waals surface area contributed by atoms with Gasteiger partial charge in [0.05, 0.1) is 5.02 Å². The zero-order chi connectivity index (χ0) is 15.0. The van der Waals surface area contributed by atoms with Gasteiger partial charge in [0.2, 0.25) is 5.89 Å². The fourth-order valence-electron chi connectivity index (χ4n) is 1.96. The molecule has 0 unspecified atom stereocenters. The van der Waals surface area contributed by atoms with Crippen molar-refractivity contribution in [2.24, 2.45) is 5.84 Å². The number of nitrogen functional groups attached to an aromatic ring is 1. The van der Waals surface area contributed by atoms with Crippen molar-refractivity contribution in [1.82, 2.24) is 10.4 Å². The van der Waals surface area contributed by atoms with E-state index in [0.717, 1.165) is 0 Å². The van der Waals surface area contributed by atoms with Crippen LogP contribution >= 0.6 is 23.2 Å². The molecule has 3 rings (SSSR count). The molecule has 0 spiro atoms. The van der Waals surface area contributed by atoms with Crippen molar-refractivity contribution >= 4 is 40.2 Å². The van der Waals surface area contributed by atoms with E-state index in [1.165, 1.54) is 0 Å². The highest BCUT2D eigenvalue weighted by atomic mass is 35.5. The van der Waals surface area contributed by atoms with Gasteiger partial charge in [0, 0.05) is 16.1 Å². The SMILES string of the molecule is NNC(=O)c1cccc(-c2nc3cc(Cl)cc(Cl)c3o2)c1. The number of halogens is 2. The average Bonchev–Trinajstić information content (AvgIpc) is 2.91. The summed E-state index contributed by atoms with van der Waals surface area (Å²) in [6.45, 7) is 0. The Hall–Kier alpha value is -2.08. The lowest BCUT2D eigenvalue weighted by Crippen LogP contribution is -2.29. The van der Waals surface area contributed by atoms with E-state index in [-0.39, 0.29) is 0 Å². The third-order valence-corrected chi connectivity index (χ3v) is 3.41. The van der Waals surface area contributed by atoms with E-state index in [2.05, 4.69) is 10.4 Å². The van der Waals surface area contributed by atoms with Gasteiger partial charge >= 0.3 is 0 Å². The number of benzene rings is 2. The van der Waals surface area contributed by atoms with Crippen LogP contribution in [0.15, 0.2) is 40.8 Å². The highest BCUT2D eigenvalue weighted by Gasteiger charge is 2.13. The molecule has 1 aromatic heterocycles. The minimum atomic E-state index is -0.394. The Labute approximate surface area is 129 Å². The zero-order valence-electron chi connectivity index (χ0n) is 10.6. The van der Waals surface area contributed by atoms with Crippen molar-refractivity contribution in [3.05, 3.63) is 52.0 Å². The molecule has 0 saturated heterocycles. The third kappa shape index (κ3) is 2.58. The Bertz CT molecular complexity index is 845. The van der Waals surface area contributed by atoms with Gasteiger partial charge in [-0.2, -0.15) is 0 Å². The number of rotatable bonds is 2. The summed E-state index contributed by atoms with van der Waals surface area (Å²) in [5.74, 6) is 5.07. The van der Waals surface area contributed by atoms with Gasteiger partial charge in [0.25, 0.3) is 5.91 Å². The topological polar surface area (TPSA) is 81.1 Å². The summed E-state index contributed by atoms with van der Waals surface area (Å²) in [6, 6.07) is 9.99. The Balaban J connectivity index is 2.12. The Morgan fingerprint density at radius 3 is 2.81 bits per heavy atom. The van der Waals surface area contributed by atoms with Crippen LogP contribution in [0.1, 0.15) is 10.4 Å². The van der Waals surface area contributed by atoms with Crippen LogP contribution in [0.4, 0.5) is 0 Å². The predicted octanol–water partition coefficient (Wildman–Crippen LogP) is 3.41. The second kappa shape index (κ2) is 5.37. The maximum atomic E-state index is 11.5. The molecular weight excluding hydrogens is 313 g/mol. The van der Waals surface area contributed by atoms with Crippen LogP contribution in [0.25, 0.3) is 22.6 Å². The van der Waals surface area contributed by atoms with Crippen LogP contribution in [0.5, 0.6) is 0 Å². The number of carbonyl (C=O) groups excluding carboxylic acids is 1. The molecule has 0 aliphatic heterocycles. The predicted molar refractivity (Wildman–Crippen MR) is 81.1 cm³/mol. The maximum Gasteiger partial charge on any atom is 0.265 e. The van der Waals surface area contributed by atoms with Gasteiger partial charge in [-0.15, -0.1) is 0 Å². The molecule has 2 aromatic carbocycles. The first-order valence-electron chi connectivity index (χ1n) is 5.95. The Morgan fingerprint density at radius 2 is 2.05 bits per heavy atom. The third-order valence-electron chi connectivity index (χ3n) is 2.91. The fraction of sp³-hybridized carbons (Fsp3) is 0. The van der Waals surface area contributed by atoms with Crippen molar-refractivity contribution in [3.8, 4) is 11.5 Å². The summed E-state index contributed by atoms with van der Waals surface area (Å²) in [4.78, 5) is 15.9. The van der Waals surface area contributed by atoms with Gasteiger partial charge in [0.15, 0.2) is 5.58 Å². The largest absolute Gasteiger partial charge is 0.435 e. The standard InChI is InChI=1S/C14H9Cl2N3O2/c15-9-5-10(16)12-11(6-9)18-14(21-12)8-3-1-2-7(4-8)13(20)19-17/h1-6H,17H2,(H,19,20). The lowest BCUT2D eigenvalue weighted by Gasteiger charge is -2.00. The first-order valence-corrected chi connectivity index (χ1v) is 6.71. The molecule has 3 N–H and O–H groups in total. The molecule has 3 aromatic rings.